The Kier molecular flexibility index (Phi) is 8.00. The molecule has 1 N–H and O–H groups in total. The molecule has 1 heterocycles. The van der Waals surface area contributed by atoms with Crippen molar-refractivity contribution in [3.63, 3.8) is 0 Å². The predicted molar refractivity (Wildman–Crippen MR) is 135 cm³/mol. The number of methoxy groups -OCH3 is 1. The Labute approximate surface area is 206 Å². The van der Waals surface area contributed by atoms with Crippen LogP contribution in [0.2, 0.25) is 0 Å². The molecule has 0 radical (unpaired) electrons. The van der Waals surface area contributed by atoms with Crippen molar-refractivity contribution in [2.75, 3.05) is 13.7 Å². The second kappa shape index (κ2) is 11.3. The minimum Gasteiger partial charge on any atom is -0.497 e. The molecule has 8 nitrogen and oxygen atoms in total. The van der Waals surface area contributed by atoms with E-state index in [0.717, 1.165) is 48.7 Å². The Morgan fingerprint density at radius 2 is 1.83 bits per heavy atom. The molecule has 1 aliphatic carbocycles. The molecule has 1 saturated carbocycles. The highest BCUT2D eigenvalue weighted by Crippen LogP contribution is 2.33. The highest BCUT2D eigenvalue weighted by molar-refractivity contribution is 5.89. The molecule has 1 atom stereocenters. The first-order valence-corrected chi connectivity index (χ1v) is 12.5. The summed E-state index contributed by atoms with van der Waals surface area (Å²) in [5.74, 6) is 0.898. The van der Waals surface area contributed by atoms with Crippen molar-refractivity contribution in [2.45, 2.75) is 64.6 Å². The monoisotopic (exact) mass is 477 g/mol. The molecule has 2 aromatic carbocycles. The van der Waals surface area contributed by atoms with Crippen molar-refractivity contribution >= 4 is 22.8 Å². The topological polar surface area (TPSA) is 89.4 Å². The van der Waals surface area contributed by atoms with Crippen LogP contribution in [0, 0.1) is 5.92 Å². The van der Waals surface area contributed by atoms with Gasteiger partial charge in [-0.05, 0) is 55.0 Å². The van der Waals surface area contributed by atoms with E-state index in [4.69, 9.17) is 4.74 Å². The molecule has 0 unspecified atom stereocenters. The van der Waals surface area contributed by atoms with Crippen LogP contribution >= 0.6 is 0 Å². The van der Waals surface area contributed by atoms with Gasteiger partial charge in [-0.1, -0.05) is 56.2 Å². The third-order valence-electron chi connectivity index (χ3n) is 6.69. The number of carbonyl (C=O) groups excluding carboxylic acids is 2. The lowest BCUT2D eigenvalue weighted by atomic mass is 10.0. The van der Waals surface area contributed by atoms with E-state index in [1.807, 2.05) is 48.5 Å². The first-order chi connectivity index (χ1) is 17.0. The second-order valence-electron chi connectivity index (χ2n) is 9.62. The number of hydrogen-bond donors (Lipinski definition) is 1. The highest BCUT2D eigenvalue weighted by Gasteiger charge is 2.37. The van der Waals surface area contributed by atoms with E-state index in [1.54, 1.807) is 16.7 Å². The number of hydrogen-bond acceptors (Lipinski definition) is 5. The van der Waals surface area contributed by atoms with Gasteiger partial charge >= 0.3 is 0 Å². The normalized spacial score (nSPS) is 14.9. The van der Waals surface area contributed by atoms with Crippen LogP contribution in [0.25, 0.3) is 11.0 Å². The molecule has 1 fully saturated rings. The molecular formula is C27H35N5O3. The van der Waals surface area contributed by atoms with Crippen molar-refractivity contribution in [2.24, 2.45) is 5.92 Å². The predicted octanol–water partition coefficient (Wildman–Crippen LogP) is 4.11. The lowest BCUT2D eigenvalue weighted by Crippen LogP contribution is -2.49. The fourth-order valence-corrected chi connectivity index (χ4v) is 4.79. The summed E-state index contributed by atoms with van der Waals surface area (Å²) in [5.41, 5.74) is 2.32. The summed E-state index contributed by atoms with van der Waals surface area (Å²) < 4.78 is 6.95. The minimum atomic E-state index is -0.724. The zero-order valence-corrected chi connectivity index (χ0v) is 20.8. The summed E-state index contributed by atoms with van der Waals surface area (Å²) in [6.45, 7) is 4.86. The van der Waals surface area contributed by atoms with E-state index in [9.17, 15) is 9.59 Å². The van der Waals surface area contributed by atoms with E-state index in [1.165, 1.54) is 0 Å². The first kappa shape index (κ1) is 24.7. The Morgan fingerprint density at radius 3 is 2.51 bits per heavy atom. The Bertz CT molecular complexity index is 1140. The molecule has 3 aromatic rings. The molecule has 0 spiro atoms. The van der Waals surface area contributed by atoms with E-state index >= 15 is 0 Å². The van der Waals surface area contributed by atoms with Gasteiger partial charge in [-0.15, -0.1) is 5.10 Å². The number of para-hydroxylation sites is 1. The largest absolute Gasteiger partial charge is 0.497 e. The van der Waals surface area contributed by atoms with Gasteiger partial charge in [0.1, 0.15) is 23.9 Å². The van der Waals surface area contributed by atoms with E-state index < -0.39 is 6.04 Å². The van der Waals surface area contributed by atoms with Gasteiger partial charge in [0.2, 0.25) is 11.8 Å². The molecular weight excluding hydrogens is 442 g/mol. The zero-order valence-electron chi connectivity index (χ0n) is 20.8. The van der Waals surface area contributed by atoms with Crippen molar-refractivity contribution < 1.29 is 14.3 Å². The molecule has 0 aliphatic heterocycles. The summed E-state index contributed by atoms with van der Waals surface area (Å²) >= 11 is 0. The Morgan fingerprint density at radius 1 is 1.11 bits per heavy atom. The van der Waals surface area contributed by atoms with E-state index in [-0.39, 0.29) is 24.4 Å². The maximum Gasteiger partial charge on any atom is 0.247 e. The van der Waals surface area contributed by atoms with Gasteiger partial charge in [0.25, 0.3) is 0 Å². The SMILES string of the molecule is COc1ccc([C@@H](C(=O)NCCC(C)C)N(C(=O)Cn2nnc3ccccc32)C2CCCC2)cc1. The number of nitrogens with zero attached hydrogens (tertiary/aromatic N) is 4. The van der Waals surface area contributed by atoms with Crippen LogP contribution in [0.5, 0.6) is 5.75 Å². The van der Waals surface area contributed by atoms with Crippen LogP contribution < -0.4 is 10.1 Å². The van der Waals surface area contributed by atoms with Crippen molar-refractivity contribution in [1.82, 2.24) is 25.2 Å². The number of fused-ring (bicyclic) bond motifs is 1. The van der Waals surface area contributed by atoms with E-state index in [0.29, 0.717) is 18.2 Å². The van der Waals surface area contributed by atoms with Crippen LogP contribution in [0.15, 0.2) is 48.5 Å². The van der Waals surface area contributed by atoms with Gasteiger partial charge in [0.05, 0.1) is 12.6 Å². The number of amides is 2. The van der Waals surface area contributed by atoms with Gasteiger partial charge < -0.3 is 15.0 Å². The number of carbonyl (C=O) groups is 2. The maximum atomic E-state index is 13.9. The number of benzene rings is 2. The van der Waals surface area contributed by atoms with Gasteiger partial charge in [-0.25, -0.2) is 4.68 Å². The summed E-state index contributed by atoms with van der Waals surface area (Å²) in [4.78, 5) is 29.3. The zero-order chi connectivity index (χ0) is 24.8. The van der Waals surface area contributed by atoms with Crippen LogP contribution in [-0.4, -0.2) is 51.4 Å². The average molecular weight is 478 g/mol. The second-order valence-corrected chi connectivity index (χ2v) is 9.62. The Balaban J connectivity index is 1.67. The third kappa shape index (κ3) is 5.81. The van der Waals surface area contributed by atoms with Crippen molar-refractivity contribution in [3.8, 4) is 5.75 Å². The van der Waals surface area contributed by atoms with Gasteiger partial charge in [0.15, 0.2) is 0 Å². The third-order valence-corrected chi connectivity index (χ3v) is 6.69. The summed E-state index contributed by atoms with van der Waals surface area (Å²) in [5, 5.41) is 11.5. The van der Waals surface area contributed by atoms with E-state index in [2.05, 4.69) is 29.5 Å². The molecule has 0 saturated heterocycles. The molecule has 2 amide bonds. The molecule has 0 bridgehead atoms. The fourth-order valence-electron chi connectivity index (χ4n) is 4.79. The summed E-state index contributed by atoms with van der Waals surface area (Å²) in [6.07, 6.45) is 4.74. The van der Waals surface area contributed by atoms with Crippen molar-refractivity contribution in [1.29, 1.82) is 0 Å². The number of rotatable bonds is 10. The van der Waals surface area contributed by atoms with Gasteiger partial charge in [-0.3, -0.25) is 9.59 Å². The summed E-state index contributed by atoms with van der Waals surface area (Å²) in [6, 6.07) is 14.3. The summed E-state index contributed by atoms with van der Waals surface area (Å²) in [7, 11) is 1.61. The van der Waals surface area contributed by atoms with Crippen LogP contribution in [-0.2, 0) is 16.1 Å². The van der Waals surface area contributed by atoms with Crippen LogP contribution in [0.4, 0.5) is 0 Å². The average Bonchev–Trinajstić information content (AvgIpc) is 3.53. The van der Waals surface area contributed by atoms with Gasteiger partial charge in [-0.2, -0.15) is 0 Å². The molecule has 35 heavy (non-hydrogen) atoms. The van der Waals surface area contributed by atoms with Crippen molar-refractivity contribution in [3.05, 3.63) is 54.1 Å². The fraction of sp³-hybridized carbons (Fsp3) is 0.481. The number of aromatic nitrogens is 3. The quantitative estimate of drug-likeness (QED) is 0.475. The van der Waals surface area contributed by atoms with Gasteiger partial charge in [0, 0.05) is 12.6 Å². The molecule has 8 heteroatoms. The molecule has 4 rings (SSSR count). The molecule has 1 aliphatic rings. The molecule has 1 aromatic heterocycles. The lowest BCUT2D eigenvalue weighted by molar-refractivity contribution is -0.144. The smallest absolute Gasteiger partial charge is 0.247 e. The Hall–Kier alpha value is -3.42. The lowest BCUT2D eigenvalue weighted by Gasteiger charge is -2.36. The highest BCUT2D eigenvalue weighted by atomic mass is 16.5. The standard InChI is InChI=1S/C27H35N5O3/c1-19(2)16-17-28-27(34)26(20-12-14-22(35-3)15-13-20)32(21-8-4-5-9-21)25(33)18-31-24-11-7-6-10-23(24)29-30-31/h6-7,10-15,19,21,26H,4-5,8-9,16-18H2,1-3H3,(H,28,34)/t26-/m0/s1. The van der Waals surface area contributed by atoms with Crippen LogP contribution in [0.1, 0.15) is 57.6 Å². The maximum absolute atomic E-state index is 13.9. The number of ether oxygens (including phenoxy) is 1. The first-order valence-electron chi connectivity index (χ1n) is 12.5. The van der Waals surface area contributed by atoms with Crippen LogP contribution in [0.3, 0.4) is 0 Å². The molecule has 186 valence electrons. The minimum absolute atomic E-state index is 0.000219. The number of nitrogens with one attached hydrogen (secondary N) is 1.